The van der Waals surface area contributed by atoms with Gasteiger partial charge in [0, 0.05) is 0 Å². The molecule has 0 spiro atoms. The summed E-state index contributed by atoms with van der Waals surface area (Å²) in [7, 11) is 0. The van der Waals surface area contributed by atoms with Crippen molar-refractivity contribution in [2.24, 2.45) is 0 Å². The van der Waals surface area contributed by atoms with Crippen LogP contribution in [0.2, 0.25) is 0 Å². The number of hydrogen-bond acceptors (Lipinski definition) is 0. The SMILES string of the molecule is [Na][CH](c1ccccc1)c1ccccc1. The molecule has 0 bridgehead atoms. The molecular weight excluding hydrogens is 179 g/mol. The topological polar surface area (TPSA) is 0 Å². The molecule has 0 aromatic heterocycles. The van der Waals surface area contributed by atoms with Crippen molar-refractivity contribution in [3.8, 4) is 0 Å². The zero-order chi connectivity index (χ0) is 9.80. The van der Waals surface area contributed by atoms with Crippen LogP contribution in [0.3, 0.4) is 0 Å². The molecule has 0 aliphatic heterocycles. The van der Waals surface area contributed by atoms with E-state index in [1.807, 2.05) is 0 Å². The Morgan fingerprint density at radius 1 is 0.643 bits per heavy atom. The molecule has 0 saturated heterocycles. The van der Waals surface area contributed by atoms with Gasteiger partial charge < -0.3 is 0 Å². The molecule has 0 amide bonds. The van der Waals surface area contributed by atoms with Gasteiger partial charge in [-0.1, -0.05) is 0 Å². The number of hydrogen-bond donors (Lipinski definition) is 0. The summed E-state index contributed by atoms with van der Waals surface area (Å²) in [6.07, 6.45) is 0. The van der Waals surface area contributed by atoms with Gasteiger partial charge in [0.15, 0.2) is 0 Å². The van der Waals surface area contributed by atoms with Crippen LogP contribution in [0.4, 0.5) is 0 Å². The van der Waals surface area contributed by atoms with Crippen LogP contribution in [0, 0.1) is 0 Å². The van der Waals surface area contributed by atoms with E-state index >= 15 is 0 Å². The summed E-state index contributed by atoms with van der Waals surface area (Å²) in [5.74, 6) is 0. The van der Waals surface area contributed by atoms with Crippen molar-refractivity contribution in [2.45, 2.75) is 3.17 Å². The van der Waals surface area contributed by atoms with Crippen LogP contribution < -0.4 is 0 Å². The maximum atomic E-state index is 2.21. The van der Waals surface area contributed by atoms with Gasteiger partial charge in [-0.2, -0.15) is 0 Å². The molecule has 0 atom stereocenters. The van der Waals surface area contributed by atoms with Crippen LogP contribution in [0.15, 0.2) is 60.7 Å². The predicted octanol–water partition coefficient (Wildman–Crippen LogP) is 2.94. The third kappa shape index (κ3) is 2.27. The van der Waals surface area contributed by atoms with E-state index in [0.29, 0.717) is 3.17 Å². The molecule has 1 heteroatoms. The first-order valence-corrected chi connectivity index (χ1v) is 6.13. The molecule has 0 nitrogen and oxygen atoms in total. The zero-order valence-corrected chi connectivity index (χ0v) is 10.4. The van der Waals surface area contributed by atoms with Gasteiger partial charge in [-0.05, 0) is 0 Å². The van der Waals surface area contributed by atoms with Crippen LogP contribution in [0.1, 0.15) is 14.3 Å². The molecule has 0 N–H and O–H groups in total. The first kappa shape index (κ1) is 9.97. The van der Waals surface area contributed by atoms with Crippen molar-refractivity contribution < 1.29 is 0 Å². The van der Waals surface area contributed by atoms with Crippen molar-refractivity contribution >= 4 is 27.9 Å². The second kappa shape index (κ2) is 4.79. The van der Waals surface area contributed by atoms with Gasteiger partial charge in [0.25, 0.3) is 0 Å². The van der Waals surface area contributed by atoms with Gasteiger partial charge in [-0.3, -0.25) is 0 Å². The summed E-state index contributed by atoms with van der Waals surface area (Å²) in [6.45, 7) is 0. The molecule has 2 rings (SSSR count). The van der Waals surface area contributed by atoms with E-state index < -0.39 is 0 Å². The first-order chi connectivity index (χ1) is 6.88. The molecule has 0 radical (unpaired) electrons. The van der Waals surface area contributed by atoms with Crippen molar-refractivity contribution in [1.82, 2.24) is 0 Å². The quantitative estimate of drug-likeness (QED) is 0.639. The molecule has 0 aliphatic carbocycles. The van der Waals surface area contributed by atoms with Crippen molar-refractivity contribution in [2.75, 3.05) is 0 Å². The summed E-state index contributed by atoms with van der Waals surface area (Å²) in [5.41, 5.74) is 2.87. The van der Waals surface area contributed by atoms with E-state index in [1.54, 1.807) is 0 Å². The molecule has 14 heavy (non-hydrogen) atoms. The minimum atomic E-state index is 0.623. The van der Waals surface area contributed by atoms with Gasteiger partial charge >= 0.3 is 103 Å². The second-order valence-electron chi connectivity index (χ2n) is 3.54. The fraction of sp³-hybridized carbons (Fsp3) is 0.0769. The Kier molecular flexibility index (Phi) is 3.41. The molecule has 64 valence electrons. The van der Waals surface area contributed by atoms with Crippen molar-refractivity contribution in [1.29, 1.82) is 0 Å². The average molecular weight is 190 g/mol. The summed E-state index contributed by atoms with van der Waals surface area (Å²) >= 11 is 1.16. The molecule has 0 heterocycles. The fourth-order valence-corrected chi connectivity index (χ4v) is 2.45. The molecule has 2 aromatic rings. The summed E-state index contributed by atoms with van der Waals surface area (Å²) in [4.78, 5) is 0. The Morgan fingerprint density at radius 2 is 1.00 bits per heavy atom. The van der Waals surface area contributed by atoms with Crippen LogP contribution in [-0.2, 0) is 0 Å². The first-order valence-electron chi connectivity index (χ1n) is 4.98. The monoisotopic (exact) mass is 190 g/mol. The van der Waals surface area contributed by atoms with Gasteiger partial charge in [-0.15, -0.1) is 0 Å². The molecule has 0 unspecified atom stereocenters. The maximum absolute atomic E-state index is 2.21. The Balaban J connectivity index is 2.30. The molecule has 0 saturated carbocycles. The van der Waals surface area contributed by atoms with Crippen LogP contribution >= 0.6 is 0 Å². The van der Waals surface area contributed by atoms with Crippen molar-refractivity contribution in [3.63, 3.8) is 0 Å². The number of benzene rings is 2. The van der Waals surface area contributed by atoms with Gasteiger partial charge in [-0.25, -0.2) is 0 Å². The van der Waals surface area contributed by atoms with Gasteiger partial charge in [0.05, 0.1) is 0 Å². The minimum absolute atomic E-state index is 0.623. The van der Waals surface area contributed by atoms with E-state index in [9.17, 15) is 0 Å². The van der Waals surface area contributed by atoms with Crippen LogP contribution in [0.25, 0.3) is 0 Å². The van der Waals surface area contributed by atoms with Crippen LogP contribution in [0.5, 0.6) is 0 Å². The Morgan fingerprint density at radius 3 is 1.36 bits per heavy atom. The standard InChI is InChI=1S/C13H11.Na/c1-3-7-12(8-4-1)11-13-9-5-2-6-10-13;/h1-11H;. The van der Waals surface area contributed by atoms with E-state index in [-0.39, 0.29) is 0 Å². The van der Waals surface area contributed by atoms with Crippen LogP contribution in [-0.4, -0.2) is 27.9 Å². The second-order valence-corrected chi connectivity index (χ2v) is 4.70. The fourth-order valence-electron chi connectivity index (χ4n) is 1.68. The van der Waals surface area contributed by atoms with E-state index in [1.165, 1.54) is 11.1 Å². The number of rotatable bonds is 2. The molecule has 2 aromatic carbocycles. The zero-order valence-electron chi connectivity index (χ0n) is 8.35. The Labute approximate surface area is 102 Å². The molecular formula is C13H11Na. The van der Waals surface area contributed by atoms with E-state index in [0.717, 1.165) is 27.9 Å². The summed E-state index contributed by atoms with van der Waals surface area (Å²) < 4.78 is 0.623. The summed E-state index contributed by atoms with van der Waals surface area (Å²) in [6, 6.07) is 21.5. The average Bonchev–Trinajstić information content (AvgIpc) is 2.30. The molecule has 0 fully saturated rings. The predicted molar refractivity (Wildman–Crippen MR) is 60.5 cm³/mol. The van der Waals surface area contributed by atoms with Gasteiger partial charge in [0.2, 0.25) is 0 Å². The molecule has 0 aliphatic rings. The Hall–Kier alpha value is -0.560. The Bertz CT molecular complexity index is 341. The van der Waals surface area contributed by atoms with E-state index in [4.69, 9.17) is 0 Å². The van der Waals surface area contributed by atoms with Crippen molar-refractivity contribution in [3.05, 3.63) is 71.8 Å². The third-order valence-corrected chi connectivity index (χ3v) is 3.93. The van der Waals surface area contributed by atoms with Gasteiger partial charge in [0.1, 0.15) is 0 Å². The normalized spacial score (nSPS) is 10.5. The van der Waals surface area contributed by atoms with E-state index in [2.05, 4.69) is 60.7 Å². The third-order valence-electron chi connectivity index (χ3n) is 2.60. The summed E-state index contributed by atoms with van der Waals surface area (Å²) in [5, 5.41) is 0.